The van der Waals surface area contributed by atoms with E-state index < -0.39 is 0 Å². The first kappa shape index (κ1) is 15.7. The van der Waals surface area contributed by atoms with E-state index in [1.54, 1.807) is 0 Å². The number of halogens is 1. The molecule has 0 aliphatic carbocycles. The third-order valence-corrected chi connectivity index (χ3v) is 3.57. The largest absolute Gasteiger partial charge is 0.446 e. The minimum absolute atomic E-state index is 0.258. The number of nitrogens with zero attached hydrogens (tertiary/aromatic N) is 1. The Morgan fingerprint density at radius 1 is 1.43 bits per heavy atom. The molecule has 1 unspecified atom stereocenters. The molecular weight excluding hydrogens is 334 g/mol. The van der Waals surface area contributed by atoms with Gasteiger partial charge in [0, 0.05) is 11.0 Å². The maximum Gasteiger partial charge on any atom is 0.273 e. The van der Waals surface area contributed by atoms with Crippen molar-refractivity contribution in [3.8, 4) is 0 Å². The van der Waals surface area contributed by atoms with E-state index in [-0.39, 0.29) is 17.6 Å². The Morgan fingerprint density at radius 3 is 2.81 bits per heavy atom. The summed E-state index contributed by atoms with van der Waals surface area (Å²) in [5.74, 6) is 0.141. The van der Waals surface area contributed by atoms with Gasteiger partial charge < -0.3 is 15.5 Å². The van der Waals surface area contributed by atoms with Crippen LogP contribution in [-0.4, -0.2) is 10.9 Å². The molecule has 0 fully saturated rings. The number of carbonyl (C=O) groups is 1. The van der Waals surface area contributed by atoms with Crippen LogP contribution in [-0.2, 0) is 6.54 Å². The highest BCUT2D eigenvalue weighted by molar-refractivity contribution is 9.10. The molecule has 1 heterocycles. The van der Waals surface area contributed by atoms with Crippen LogP contribution >= 0.6 is 15.9 Å². The Morgan fingerprint density at radius 2 is 2.14 bits per heavy atom. The van der Waals surface area contributed by atoms with Crippen molar-refractivity contribution < 1.29 is 9.21 Å². The minimum Gasteiger partial charge on any atom is -0.446 e. The quantitative estimate of drug-likeness (QED) is 0.837. The molecule has 0 bridgehead atoms. The highest BCUT2D eigenvalue weighted by atomic mass is 79.9. The molecule has 0 saturated carbocycles. The number of hydrogen-bond acceptors (Lipinski definition) is 4. The molecule has 21 heavy (non-hydrogen) atoms. The third-order valence-electron chi connectivity index (χ3n) is 3.04. The van der Waals surface area contributed by atoms with Gasteiger partial charge in [-0.05, 0) is 24.1 Å². The van der Waals surface area contributed by atoms with Gasteiger partial charge >= 0.3 is 0 Å². The van der Waals surface area contributed by atoms with Crippen molar-refractivity contribution in [3.63, 3.8) is 0 Å². The number of hydrogen-bond donors (Lipinski definition) is 2. The van der Waals surface area contributed by atoms with E-state index in [0.717, 1.165) is 22.9 Å². The molecule has 1 amide bonds. The SMILES string of the molecule is CCCC(N)c1nc(C(=O)NCc2ccc(Br)cc2)co1. The predicted octanol–water partition coefficient (Wildman–Crippen LogP) is 3.17. The van der Waals surface area contributed by atoms with Crippen molar-refractivity contribution in [2.24, 2.45) is 5.73 Å². The number of aromatic nitrogens is 1. The summed E-state index contributed by atoms with van der Waals surface area (Å²) in [7, 11) is 0. The van der Waals surface area contributed by atoms with Gasteiger partial charge in [0.1, 0.15) is 6.26 Å². The van der Waals surface area contributed by atoms with Gasteiger partial charge in [-0.1, -0.05) is 41.4 Å². The van der Waals surface area contributed by atoms with Crippen molar-refractivity contribution in [1.82, 2.24) is 10.3 Å². The number of rotatable bonds is 6. The molecule has 0 spiro atoms. The molecule has 6 heteroatoms. The van der Waals surface area contributed by atoms with E-state index in [1.807, 2.05) is 31.2 Å². The number of oxazole rings is 1. The van der Waals surface area contributed by atoms with Gasteiger partial charge in [-0.3, -0.25) is 4.79 Å². The Kier molecular flexibility index (Phi) is 5.52. The molecule has 1 aromatic carbocycles. The van der Waals surface area contributed by atoms with E-state index in [2.05, 4.69) is 26.2 Å². The fraction of sp³-hybridized carbons (Fsp3) is 0.333. The lowest BCUT2D eigenvalue weighted by Gasteiger charge is -2.04. The number of nitrogens with one attached hydrogen (secondary N) is 1. The monoisotopic (exact) mass is 351 g/mol. The molecule has 3 N–H and O–H groups in total. The Hall–Kier alpha value is -1.66. The first-order valence-corrected chi connectivity index (χ1v) is 7.63. The molecular formula is C15H18BrN3O2. The van der Waals surface area contributed by atoms with Crippen LogP contribution in [0.4, 0.5) is 0 Å². The first-order valence-electron chi connectivity index (χ1n) is 6.83. The van der Waals surface area contributed by atoms with E-state index >= 15 is 0 Å². The molecule has 2 aromatic rings. The van der Waals surface area contributed by atoms with Gasteiger partial charge in [-0.15, -0.1) is 0 Å². The predicted molar refractivity (Wildman–Crippen MR) is 83.7 cm³/mol. The van der Waals surface area contributed by atoms with Crippen molar-refractivity contribution in [2.75, 3.05) is 0 Å². The Balaban J connectivity index is 1.93. The third kappa shape index (κ3) is 4.41. The van der Waals surface area contributed by atoms with Gasteiger partial charge in [0.15, 0.2) is 5.69 Å². The van der Waals surface area contributed by atoms with Crippen LogP contribution in [0.5, 0.6) is 0 Å². The maximum absolute atomic E-state index is 12.0. The summed E-state index contributed by atoms with van der Waals surface area (Å²) < 4.78 is 6.27. The van der Waals surface area contributed by atoms with Crippen LogP contribution in [0.2, 0.25) is 0 Å². The maximum atomic E-state index is 12.0. The van der Waals surface area contributed by atoms with Crippen LogP contribution in [0, 0.1) is 0 Å². The van der Waals surface area contributed by atoms with Crippen LogP contribution < -0.4 is 11.1 Å². The molecule has 112 valence electrons. The number of carbonyl (C=O) groups excluding carboxylic acids is 1. The summed E-state index contributed by atoms with van der Waals surface area (Å²) in [5.41, 5.74) is 7.18. The van der Waals surface area contributed by atoms with E-state index in [9.17, 15) is 4.79 Å². The molecule has 2 rings (SSSR count). The molecule has 0 aliphatic heterocycles. The summed E-state index contributed by atoms with van der Waals surface area (Å²) in [4.78, 5) is 16.1. The summed E-state index contributed by atoms with van der Waals surface area (Å²) in [5, 5.41) is 2.80. The topological polar surface area (TPSA) is 81.1 Å². The highest BCUT2D eigenvalue weighted by Gasteiger charge is 2.16. The number of amides is 1. The molecule has 1 aromatic heterocycles. The molecule has 5 nitrogen and oxygen atoms in total. The van der Waals surface area contributed by atoms with Crippen LogP contribution in [0.15, 0.2) is 39.4 Å². The van der Waals surface area contributed by atoms with E-state index in [1.165, 1.54) is 6.26 Å². The van der Waals surface area contributed by atoms with Crippen molar-refractivity contribution in [1.29, 1.82) is 0 Å². The van der Waals surface area contributed by atoms with Gasteiger partial charge in [0.25, 0.3) is 5.91 Å². The van der Waals surface area contributed by atoms with Gasteiger partial charge in [-0.2, -0.15) is 0 Å². The van der Waals surface area contributed by atoms with Crippen molar-refractivity contribution in [2.45, 2.75) is 32.4 Å². The zero-order valence-corrected chi connectivity index (χ0v) is 13.4. The second-order valence-electron chi connectivity index (χ2n) is 4.78. The van der Waals surface area contributed by atoms with Gasteiger partial charge in [0.2, 0.25) is 5.89 Å². The zero-order chi connectivity index (χ0) is 15.2. The molecule has 0 saturated heterocycles. The smallest absolute Gasteiger partial charge is 0.273 e. The number of nitrogens with two attached hydrogens (primary N) is 1. The minimum atomic E-state index is -0.267. The summed E-state index contributed by atoms with van der Waals surface area (Å²) in [6.45, 7) is 2.48. The molecule has 0 aliphatic rings. The van der Waals surface area contributed by atoms with Crippen molar-refractivity contribution >= 4 is 21.8 Å². The van der Waals surface area contributed by atoms with Gasteiger partial charge in [0.05, 0.1) is 6.04 Å². The van der Waals surface area contributed by atoms with Crippen molar-refractivity contribution in [3.05, 3.63) is 52.1 Å². The summed E-state index contributed by atoms with van der Waals surface area (Å²) >= 11 is 3.37. The average molecular weight is 352 g/mol. The summed E-state index contributed by atoms with van der Waals surface area (Å²) in [6, 6.07) is 7.48. The van der Waals surface area contributed by atoms with Crippen LogP contribution in [0.1, 0.15) is 47.7 Å². The second-order valence-corrected chi connectivity index (χ2v) is 5.69. The molecule has 1 atom stereocenters. The average Bonchev–Trinajstić information content (AvgIpc) is 2.96. The first-order chi connectivity index (χ1) is 10.1. The lowest BCUT2D eigenvalue weighted by Crippen LogP contribution is -2.23. The number of benzene rings is 1. The van der Waals surface area contributed by atoms with Gasteiger partial charge in [-0.25, -0.2) is 4.98 Å². The zero-order valence-electron chi connectivity index (χ0n) is 11.8. The lowest BCUT2D eigenvalue weighted by atomic mass is 10.2. The Labute approximate surface area is 132 Å². The normalized spacial score (nSPS) is 12.1. The fourth-order valence-electron chi connectivity index (χ4n) is 1.87. The lowest BCUT2D eigenvalue weighted by molar-refractivity contribution is 0.0946. The second kappa shape index (κ2) is 7.38. The van der Waals surface area contributed by atoms with E-state index in [4.69, 9.17) is 10.2 Å². The van der Waals surface area contributed by atoms with Crippen LogP contribution in [0.3, 0.4) is 0 Å². The fourth-order valence-corrected chi connectivity index (χ4v) is 2.14. The van der Waals surface area contributed by atoms with Crippen LogP contribution in [0.25, 0.3) is 0 Å². The highest BCUT2D eigenvalue weighted by Crippen LogP contribution is 2.15. The molecule has 0 radical (unpaired) electrons. The Bertz CT molecular complexity index is 595. The summed E-state index contributed by atoms with van der Waals surface area (Å²) in [6.07, 6.45) is 3.07. The van der Waals surface area contributed by atoms with E-state index in [0.29, 0.717) is 12.4 Å². The standard InChI is InChI=1S/C15H18BrN3O2/c1-2-3-12(17)15-19-13(9-21-15)14(20)18-8-10-4-6-11(16)7-5-10/h4-7,9,12H,2-3,8,17H2,1H3,(H,18,20).